The Morgan fingerprint density at radius 3 is 2.29 bits per heavy atom. The summed E-state index contributed by atoms with van der Waals surface area (Å²) in [6, 6.07) is 17.1. The van der Waals surface area contributed by atoms with E-state index in [4.69, 9.17) is 4.74 Å². The minimum Gasteiger partial charge on any atom is -0.497 e. The molecule has 0 bridgehead atoms. The van der Waals surface area contributed by atoms with E-state index in [2.05, 4.69) is 5.32 Å². The summed E-state index contributed by atoms with van der Waals surface area (Å²) >= 11 is 0. The highest BCUT2D eigenvalue weighted by Gasteiger charge is 2.15. The Balaban J connectivity index is 1.82. The van der Waals surface area contributed by atoms with Crippen molar-refractivity contribution in [2.75, 3.05) is 12.4 Å². The lowest BCUT2D eigenvalue weighted by molar-refractivity contribution is 0.0320. The maximum absolute atomic E-state index is 10.0. The van der Waals surface area contributed by atoms with Gasteiger partial charge in [0.15, 0.2) is 6.23 Å². The number of methoxy groups -OCH3 is 1. The van der Waals surface area contributed by atoms with E-state index >= 15 is 0 Å². The average Bonchev–Trinajstić information content (AvgIpc) is 2.54. The highest BCUT2D eigenvalue weighted by molar-refractivity contribution is 5.46. The monoisotopic (exact) mass is 287 g/mol. The first kappa shape index (κ1) is 15.4. The van der Waals surface area contributed by atoms with Crippen molar-refractivity contribution in [1.29, 1.82) is 0 Å². The molecule has 0 fully saturated rings. The topological polar surface area (TPSA) is 61.7 Å². The fourth-order valence-corrected chi connectivity index (χ4v) is 2.07. The molecular formula is C17H21NO3. The van der Waals surface area contributed by atoms with Crippen LogP contribution in [0, 0.1) is 0 Å². The van der Waals surface area contributed by atoms with E-state index < -0.39 is 12.3 Å². The molecule has 0 spiro atoms. The number of anilines is 1. The Morgan fingerprint density at radius 1 is 1.00 bits per heavy atom. The van der Waals surface area contributed by atoms with Crippen molar-refractivity contribution in [2.45, 2.75) is 25.2 Å². The molecule has 2 atom stereocenters. The maximum Gasteiger partial charge on any atom is 0.150 e. The van der Waals surface area contributed by atoms with Gasteiger partial charge in [0.05, 0.1) is 13.2 Å². The van der Waals surface area contributed by atoms with Gasteiger partial charge in [-0.15, -0.1) is 0 Å². The van der Waals surface area contributed by atoms with Gasteiger partial charge in [0.25, 0.3) is 0 Å². The predicted octanol–water partition coefficient (Wildman–Crippen LogP) is 2.42. The number of aryl methyl sites for hydroxylation is 1. The molecule has 0 radical (unpaired) electrons. The predicted molar refractivity (Wildman–Crippen MR) is 83.4 cm³/mol. The minimum absolute atomic E-state index is 0.494. The normalized spacial score (nSPS) is 13.5. The summed E-state index contributed by atoms with van der Waals surface area (Å²) in [6.07, 6.45) is -0.605. The van der Waals surface area contributed by atoms with Crippen molar-refractivity contribution in [3.8, 4) is 5.75 Å². The summed E-state index contributed by atoms with van der Waals surface area (Å²) < 4.78 is 5.07. The molecule has 0 aromatic heterocycles. The summed E-state index contributed by atoms with van der Waals surface area (Å²) in [5.74, 6) is 0.750. The van der Waals surface area contributed by atoms with Crippen LogP contribution in [0.3, 0.4) is 0 Å². The smallest absolute Gasteiger partial charge is 0.150 e. The van der Waals surface area contributed by atoms with Gasteiger partial charge in [0.2, 0.25) is 0 Å². The Bertz CT molecular complexity index is 527. The first-order chi connectivity index (χ1) is 10.2. The van der Waals surface area contributed by atoms with Crippen LogP contribution in [-0.2, 0) is 6.42 Å². The number of hydrogen-bond acceptors (Lipinski definition) is 4. The second kappa shape index (κ2) is 7.67. The van der Waals surface area contributed by atoms with Crippen molar-refractivity contribution in [3.05, 3.63) is 60.2 Å². The van der Waals surface area contributed by atoms with Crippen LogP contribution in [0.25, 0.3) is 0 Å². The standard InChI is InChI=1S/C17H21NO3/c1-21-15-10-8-14(9-11-15)18-17(20)16(19)12-7-13-5-3-2-4-6-13/h2-6,8-11,16-20H,7,12H2,1H3. The van der Waals surface area contributed by atoms with Gasteiger partial charge in [-0.25, -0.2) is 0 Å². The summed E-state index contributed by atoms with van der Waals surface area (Å²) in [4.78, 5) is 0. The average molecular weight is 287 g/mol. The Kier molecular flexibility index (Phi) is 5.60. The molecule has 0 aliphatic heterocycles. The van der Waals surface area contributed by atoms with Crippen LogP contribution in [0.4, 0.5) is 5.69 Å². The van der Waals surface area contributed by atoms with E-state index in [1.807, 2.05) is 30.3 Å². The van der Waals surface area contributed by atoms with Crippen LogP contribution in [0.5, 0.6) is 5.75 Å². The SMILES string of the molecule is COc1ccc(NC(O)C(O)CCc2ccccc2)cc1. The van der Waals surface area contributed by atoms with Gasteiger partial charge in [-0.2, -0.15) is 0 Å². The van der Waals surface area contributed by atoms with Gasteiger partial charge in [-0.05, 0) is 42.7 Å². The third-order valence-corrected chi connectivity index (χ3v) is 3.34. The first-order valence-corrected chi connectivity index (χ1v) is 6.99. The second-order valence-corrected chi connectivity index (χ2v) is 4.91. The number of rotatable bonds is 7. The molecule has 4 nitrogen and oxygen atoms in total. The van der Waals surface area contributed by atoms with Gasteiger partial charge in [-0.3, -0.25) is 0 Å². The maximum atomic E-state index is 10.0. The van der Waals surface area contributed by atoms with Crippen molar-refractivity contribution in [1.82, 2.24) is 0 Å². The zero-order valence-electron chi connectivity index (χ0n) is 12.1. The fourth-order valence-electron chi connectivity index (χ4n) is 2.07. The van der Waals surface area contributed by atoms with Crippen molar-refractivity contribution >= 4 is 5.69 Å². The van der Waals surface area contributed by atoms with Crippen LogP contribution in [0.2, 0.25) is 0 Å². The van der Waals surface area contributed by atoms with Crippen LogP contribution in [-0.4, -0.2) is 29.7 Å². The molecule has 112 valence electrons. The molecule has 2 aromatic carbocycles. The highest BCUT2D eigenvalue weighted by Crippen LogP contribution is 2.17. The number of aliphatic hydroxyl groups excluding tert-OH is 2. The number of aliphatic hydroxyl groups is 2. The third-order valence-electron chi connectivity index (χ3n) is 3.34. The van der Waals surface area contributed by atoms with E-state index in [1.165, 1.54) is 0 Å². The zero-order chi connectivity index (χ0) is 15.1. The van der Waals surface area contributed by atoms with E-state index in [0.29, 0.717) is 6.42 Å². The number of hydrogen-bond donors (Lipinski definition) is 3. The number of benzene rings is 2. The molecule has 4 heteroatoms. The summed E-state index contributed by atoms with van der Waals surface area (Å²) in [5, 5.41) is 22.9. The largest absolute Gasteiger partial charge is 0.497 e. The van der Waals surface area contributed by atoms with Crippen LogP contribution in [0.1, 0.15) is 12.0 Å². The molecule has 0 heterocycles. The molecule has 0 saturated carbocycles. The van der Waals surface area contributed by atoms with Crippen molar-refractivity contribution in [3.63, 3.8) is 0 Å². The molecule has 0 aliphatic rings. The van der Waals surface area contributed by atoms with Gasteiger partial charge in [0.1, 0.15) is 5.75 Å². The van der Waals surface area contributed by atoms with Crippen LogP contribution in [0.15, 0.2) is 54.6 Å². The first-order valence-electron chi connectivity index (χ1n) is 6.99. The molecule has 3 N–H and O–H groups in total. The van der Waals surface area contributed by atoms with Gasteiger partial charge in [0, 0.05) is 5.69 Å². The number of nitrogens with one attached hydrogen (secondary N) is 1. The molecule has 0 aliphatic carbocycles. The molecule has 2 unspecified atom stereocenters. The van der Waals surface area contributed by atoms with E-state index in [-0.39, 0.29) is 0 Å². The van der Waals surface area contributed by atoms with Crippen molar-refractivity contribution < 1.29 is 14.9 Å². The van der Waals surface area contributed by atoms with Gasteiger partial charge >= 0.3 is 0 Å². The molecular weight excluding hydrogens is 266 g/mol. The van der Waals surface area contributed by atoms with Gasteiger partial charge in [-0.1, -0.05) is 30.3 Å². The summed E-state index contributed by atoms with van der Waals surface area (Å²) in [7, 11) is 1.60. The lowest BCUT2D eigenvalue weighted by Gasteiger charge is -2.20. The quantitative estimate of drug-likeness (QED) is 0.684. The highest BCUT2D eigenvalue weighted by atomic mass is 16.5. The van der Waals surface area contributed by atoms with Crippen molar-refractivity contribution in [2.24, 2.45) is 0 Å². The Morgan fingerprint density at radius 2 is 1.67 bits per heavy atom. The van der Waals surface area contributed by atoms with Crippen LogP contribution < -0.4 is 10.1 Å². The molecule has 2 aromatic rings. The van der Waals surface area contributed by atoms with E-state index in [9.17, 15) is 10.2 Å². The van der Waals surface area contributed by atoms with Gasteiger partial charge < -0.3 is 20.3 Å². The lowest BCUT2D eigenvalue weighted by atomic mass is 10.1. The Hall–Kier alpha value is -2.04. The third kappa shape index (κ3) is 4.77. The summed E-state index contributed by atoms with van der Waals surface area (Å²) in [6.45, 7) is 0. The Labute approximate surface area is 125 Å². The van der Waals surface area contributed by atoms with Crippen LogP contribution >= 0.6 is 0 Å². The summed E-state index contributed by atoms with van der Waals surface area (Å²) in [5.41, 5.74) is 1.88. The molecule has 0 amide bonds. The molecule has 2 rings (SSSR count). The molecule has 21 heavy (non-hydrogen) atoms. The fraction of sp³-hybridized carbons (Fsp3) is 0.294. The van der Waals surface area contributed by atoms with E-state index in [1.54, 1.807) is 31.4 Å². The van der Waals surface area contributed by atoms with E-state index in [0.717, 1.165) is 23.4 Å². The number of ether oxygens (including phenoxy) is 1. The second-order valence-electron chi connectivity index (χ2n) is 4.91. The lowest BCUT2D eigenvalue weighted by Crippen LogP contribution is -2.33. The molecule has 0 saturated heterocycles. The minimum atomic E-state index is -0.998. The zero-order valence-corrected chi connectivity index (χ0v) is 12.1.